The fourth-order valence-electron chi connectivity index (χ4n) is 5.25. The molecule has 34 heavy (non-hydrogen) atoms. The SMILES string of the molecule is C=CCN(CC=C)S(=O)(=O)c1ccc2c(c1)C1C=CCC1C(c1ccc(N(CC)CC)cc1)N2. The number of hydrogen-bond acceptors (Lipinski definition) is 4. The summed E-state index contributed by atoms with van der Waals surface area (Å²) in [6.07, 6.45) is 8.64. The summed E-state index contributed by atoms with van der Waals surface area (Å²) in [5, 5.41) is 3.73. The molecule has 0 amide bonds. The van der Waals surface area contributed by atoms with E-state index in [9.17, 15) is 8.42 Å². The van der Waals surface area contributed by atoms with Gasteiger partial charge in [-0.25, -0.2) is 8.42 Å². The summed E-state index contributed by atoms with van der Waals surface area (Å²) in [6, 6.07) is 14.5. The molecule has 0 bridgehead atoms. The van der Waals surface area contributed by atoms with Gasteiger partial charge in [0.05, 0.1) is 10.9 Å². The van der Waals surface area contributed by atoms with E-state index in [4.69, 9.17) is 0 Å². The molecular weight excluding hydrogens is 442 g/mol. The van der Waals surface area contributed by atoms with E-state index in [1.54, 1.807) is 18.2 Å². The smallest absolute Gasteiger partial charge is 0.243 e. The zero-order valence-electron chi connectivity index (χ0n) is 20.2. The zero-order valence-corrected chi connectivity index (χ0v) is 21.0. The number of allylic oxidation sites excluding steroid dienone is 2. The minimum absolute atomic E-state index is 0.179. The maximum Gasteiger partial charge on any atom is 0.243 e. The molecule has 0 radical (unpaired) electrons. The lowest BCUT2D eigenvalue weighted by Gasteiger charge is -2.38. The molecule has 0 spiro atoms. The van der Waals surface area contributed by atoms with Crippen molar-refractivity contribution >= 4 is 21.4 Å². The van der Waals surface area contributed by atoms with E-state index in [2.05, 4.69) is 73.6 Å². The van der Waals surface area contributed by atoms with E-state index >= 15 is 0 Å². The predicted octanol–water partition coefficient (Wildman–Crippen LogP) is 5.72. The Balaban J connectivity index is 1.66. The van der Waals surface area contributed by atoms with Gasteiger partial charge in [-0.15, -0.1) is 13.2 Å². The Bertz CT molecular complexity index is 1160. The van der Waals surface area contributed by atoms with Gasteiger partial charge >= 0.3 is 0 Å². The first-order valence-electron chi connectivity index (χ1n) is 12.1. The third kappa shape index (κ3) is 4.44. The highest BCUT2D eigenvalue weighted by Gasteiger charge is 2.38. The predicted molar refractivity (Wildman–Crippen MR) is 142 cm³/mol. The van der Waals surface area contributed by atoms with Gasteiger partial charge in [0.25, 0.3) is 0 Å². The van der Waals surface area contributed by atoms with Gasteiger partial charge in [0.1, 0.15) is 0 Å². The number of anilines is 2. The molecular formula is C28H35N3O2S. The first-order valence-corrected chi connectivity index (χ1v) is 13.5. The van der Waals surface area contributed by atoms with Crippen LogP contribution in [0.15, 0.2) is 84.8 Å². The summed E-state index contributed by atoms with van der Waals surface area (Å²) in [4.78, 5) is 2.66. The Labute approximate surface area is 204 Å². The standard InChI is InChI=1S/C28H35N3O2S/c1-5-18-31(19-6-2)34(32,33)23-16-17-27-26(20-23)24-10-9-11-25(24)28(29-27)21-12-14-22(15-13-21)30(7-3)8-4/h5-6,9-10,12-17,20,24-25,28-29H,1-2,7-8,11,18-19H2,3-4H3. The van der Waals surface area contributed by atoms with E-state index in [1.807, 2.05) is 12.1 Å². The lowest BCUT2D eigenvalue weighted by Crippen LogP contribution is -2.32. The van der Waals surface area contributed by atoms with Gasteiger partial charge < -0.3 is 10.2 Å². The lowest BCUT2D eigenvalue weighted by molar-refractivity contribution is 0.424. The number of rotatable bonds is 10. The molecule has 1 aliphatic heterocycles. The van der Waals surface area contributed by atoms with Crippen molar-refractivity contribution in [2.24, 2.45) is 5.92 Å². The number of fused-ring (bicyclic) bond motifs is 3. The monoisotopic (exact) mass is 477 g/mol. The van der Waals surface area contributed by atoms with E-state index in [-0.39, 0.29) is 25.0 Å². The van der Waals surface area contributed by atoms with Gasteiger partial charge in [0.2, 0.25) is 10.0 Å². The van der Waals surface area contributed by atoms with E-state index in [1.165, 1.54) is 15.6 Å². The van der Waals surface area contributed by atoms with Crippen LogP contribution in [-0.2, 0) is 10.0 Å². The Morgan fingerprint density at radius 2 is 1.71 bits per heavy atom. The molecule has 6 heteroatoms. The van der Waals surface area contributed by atoms with Gasteiger partial charge in [0.15, 0.2) is 0 Å². The van der Waals surface area contributed by atoms with Crippen molar-refractivity contribution in [2.75, 3.05) is 36.4 Å². The first-order chi connectivity index (χ1) is 16.4. The minimum atomic E-state index is -3.64. The van der Waals surface area contributed by atoms with Crippen LogP contribution in [0.3, 0.4) is 0 Å². The second-order valence-electron chi connectivity index (χ2n) is 8.89. The van der Waals surface area contributed by atoms with Crippen LogP contribution in [0.2, 0.25) is 0 Å². The largest absolute Gasteiger partial charge is 0.378 e. The van der Waals surface area contributed by atoms with Crippen LogP contribution in [-0.4, -0.2) is 38.9 Å². The van der Waals surface area contributed by atoms with E-state index in [0.29, 0.717) is 10.8 Å². The van der Waals surface area contributed by atoms with Gasteiger partial charge in [-0.2, -0.15) is 4.31 Å². The lowest BCUT2D eigenvalue weighted by atomic mass is 9.77. The molecule has 5 nitrogen and oxygen atoms in total. The molecule has 180 valence electrons. The minimum Gasteiger partial charge on any atom is -0.378 e. The highest BCUT2D eigenvalue weighted by Crippen LogP contribution is 2.50. The molecule has 2 aliphatic rings. The Morgan fingerprint density at radius 3 is 2.32 bits per heavy atom. The fourth-order valence-corrected chi connectivity index (χ4v) is 6.67. The van der Waals surface area contributed by atoms with Crippen LogP contribution in [0.5, 0.6) is 0 Å². The maximum atomic E-state index is 13.3. The van der Waals surface area contributed by atoms with E-state index in [0.717, 1.165) is 30.8 Å². The highest BCUT2D eigenvalue weighted by molar-refractivity contribution is 7.89. The molecule has 0 aromatic heterocycles. The van der Waals surface area contributed by atoms with E-state index < -0.39 is 10.0 Å². The number of nitrogens with one attached hydrogen (secondary N) is 1. The molecule has 0 saturated heterocycles. The highest BCUT2D eigenvalue weighted by atomic mass is 32.2. The molecule has 1 N–H and O–H groups in total. The average Bonchev–Trinajstić information content (AvgIpc) is 3.35. The van der Waals surface area contributed by atoms with Crippen LogP contribution < -0.4 is 10.2 Å². The quantitative estimate of drug-likeness (QED) is 0.445. The zero-order chi connectivity index (χ0) is 24.3. The third-order valence-electron chi connectivity index (χ3n) is 7.02. The molecule has 0 saturated carbocycles. The van der Waals surface area contributed by atoms with Gasteiger partial charge in [-0.3, -0.25) is 0 Å². The number of hydrogen-bond donors (Lipinski definition) is 1. The molecule has 1 heterocycles. The molecule has 2 aromatic carbocycles. The Hall–Kier alpha value is -2.83. The summed E-state index contributed by atoms with van der Waals surface area (Å²) in [5.41, 5.74) is 4.56. The molecule has 3 unspecified atom stereocenters. The van der Waals surface area contributed by atoms with Crippen molar-refractivity contribution in [1.29, 1.82) is 0 Å². The van der Waals surface area contributed by atoms with Crippen LogP contribution in [0, 0.1) is 5.92 Å². The third-order valence-corrected chi connectivity index (χ3v) is 8.85. The Morgan fingerprint density at radius 1 is 1.03 bits per heavy atom. The fraction of sp³-hybridized carbons (Fsp3) is 0.357. The van der Waals surface area contributed by atoms with Gasteiger partial charge in [0, 0.05) is 43.5 Å². The van der Waals surface area contributed by atoms with Crippen molar-refractivity contribution < 1.29 is 8.42 Å². The van der Waals surface area contributed by atoms with Crippen molar-refractivity contribution in [3.8, 4) is 0 Å². The van der Waals surface area contributed by atoms with Crippen molar-refractivity contribution in [2.45, 2.75) is 37.1 Å². The van der Waals surface area contributed by atoms with Crippen LogP contribution in [0.1, 0.15) is 43.4 Å². The molecule has 4 rings (SSSR count). The summed E-state index contributed by atoms with van der Waals surface area (Å²) in [7, 11) is -3.64. The topological polar surface area (TPSA) is 52.7 Å². The molecule has 3 atom stereocenters. The second kappa shape index (κ2) is 10.2. The van der Waals surface area contributed by atoms with Crippen molar-refractivity contribution in [1.82, 2.24) is 4.31 Å². The van der Waals surface area contributed by atoms with Crippen LogP contribution in [0.4, 0.5) is 11.4 Å². The maximum absolute atomic E-state index is 13.3. The molecule has 2 aromatic rings. The molecule has 1 aliphatic carbocycles. The molecule has 0 fully saturated rings. The summed E-state index contributed by atoms with van der Waals surface area (Å²) in [6.45, 7) is 14.2. The number of nitrogens with zero attached hydrogens (tertiary/aromatic N) is 2. The average molecular weight is 478 g/mol. The van der Waals surface area contributed by atoms with Gasteiger partial charge in [-0.1, -0.05) is 36.4 Å². The second-order valence-corrected chi connectivity index (χ2v) is 10.8. The van der Waals surface area contributed by atoms with Crippen molar-refractivity contribution in [3.05, 3.63) is 91.1 Å². The first kappa shape index (κ1) is 24.3. The van der Waals surface area contributed by atoms with Crippen molar-refractivity contribution in [3.63, 3.8) is 0 Å². The summed E-state index contributed by atoms with van der Waals surface area (Å²) < 4.78 is 28.0. The normalized spacial score (nSPS) is 21.0. The van der Waals surface area contributed by atoms with Crippen LogP contribution >= 0.6 is 0 Å². The number of benzene rings is 2. The number of sulfonamides is 1. The van der Waals surface area contributed by atoms with Crippen LogP contribution in [0.25, 0.3) is 0 Å². The summed E-state index contributed by atoms with van der Waals surface area (Å²) >= 11 is 0. The van der Waals surface area contributed by atoms with Gasteiger partial charge in [-0.05, 0) is 67.6 Å². The summed E-state index contributed by atoms with van der Waals surface area (Å²) in [5.74, 6) is 0.535. The Kier molecular flexibility index (Phi) is 7.29.